The Hall–Kier alpha value is -2.87. The molecule has 3 aromatic carbocycles. The van der Waals surface area contributed by atoms with Crippen LogP contribution in [0.25, 0.3) is 0 Å². The number of rotatable bonds is 7. The molecule has 1 fully saturated rings. The van der Waals surface area contributed by atoms with Crippen molar-refractivity contribution in [3.05, 3.63) is 95.0 Å². The molecule has 1 aliphatic heterocycles. The van der Waals surface area contributed by atoms with Crippen molar-refractivity contribution in [2.75, 3.05) is 24.4 Å². The number of nitrogens with one attached hydrogen (secondary N) is 1. The third-order valence-corrected chi connectivity index (χ3v) is 8.28. The number of para-hydroxylation sites is 1. The molecule has 0 saturated carbocycles. The van der Waals surface area contributed by atoms with E-state index in [2.05, 4.69) is 17.3 Å². The highest BCUT2D eigenvalue weighted by Crippen LogP contribution is 2.31. The van der Waals surface area contributed by atoms with E-state index in [0.717, 1.165) is 31.5 Å². The van der Waals surface area contributed by atoms with E-state index >= 15 is 0 Å². The molecular formula is C26H28ClN3O3S. The van der Waals surface area contributed by atoms with E-state index in [-0.39, 0.29) is 34.0 Å². The maximum absolute atomic E-state index is 13.9. The standard InChI is InChI=1S/C26H28ClN3O3S/c1-29-16-14-22(15-17-29)28-26(31)21-12-13-24(27)25(18-21)34(32,33)30(23-10-6-3-7-11-23)19-20-8-4-2-5-9-20/h2-13,18,22H,14-17,19H2,1H3,(H,28,31). The molecule has 8 heteroatoms. The quantitative estimate of drug-likeness (QED) is 0.519. The summed E-state index contributed by atoms with van der Waals surface area (Å²) in [7, 11) is -2.01. The minimum Gasteiger partial charge on any atom is -0.349 e. The normalized spacial score (nSPS) is 15.1. The van der Waals surface area contributed by atoms with Gasteiger partial charge in [0.25, 0.3) is 15.9 Å². The lowest BCUT2D eigenvalue weighted by atomic mass is 10.0. The summed E-state index contributed by atoms with van der Waals surface area (Å²) >= 11 is 6.38. The van der Waals surface area contributed by atoms with Crippen LogP contribution in [-0.4, -0.2) is 45.4 Å². The predicted octanol–water partition coefficient (Wildman–Crippen LogP) is 4.56. The number of hydrogen-bond acceptors (Lipinski definition) is 4. The minimum atomic E-state index is -4.06. The second-order valence-electron chi connectivity index (χ2n) is 8.53. The average molecular weight is 498 g/mol. The minimum absolute atomic E-state index is 0.0679. The molecule has 3 aromatic rings. The zero-order chi connectivity index (χ0) is 24.1. The molecule has 0 aliphatic carbocycles. The summed E-state index contributed by atoms with van der Waals surface area (Å²) in [6.07, 6.45) is 1.72. The number of nitrogens with zero attached hydrogens (tertiary/aromatic N) is 2. The molecule has 34 heavy (non-hydrogen) atoms. The Morgan fingerprint density at radius 2 is 1.62 bits per heavy atom. The van der Waals surface area contributed by atoms with Gasteiger partial charge in [0.15, 0.2) is 0 Å². The summed E-state index contributed by atoms with van der Waals surface area (Å²) in [5.41, 5.74) is 1.63. The lowest BCUT2D eigenvalue weighted by molar-refractivity contribution is 0.0916. The number of likely N-dealkylation sites (tertiary alicyclic amines) is 1. The number of hydrogen-bond donors (Lipinski definition) is 1. The zero-order valence-electron chi connectivity index (χ0n) is 19.0. The molecule has 0 atom stereocenters. The van der Waals surface area contributed by atoms with Crippen molar-refractivity contribution in [2.24, 2.45) is 0 Å². The van der Waals surface area contributed by atoms with Crippen LogP contribution < -0.4 is 9.62 Å². The first kappa shape index (κ1) is 24.3. The number of carbonyl (C=O) groups excluding carboxylic acids is 1. The van der Waals surface area contributed by atoms with E-state index in [9.17, 15) is 13.2 Å². The summed E-state index contributed by atoms with van der Waals surface area (Å²) in [6, 6.07) is 22.7. The fourth-order valence-corrected chi connectivity index (χ4v) is 6.00. The van der Waals surface area contributed by atoms with Gasteiger partial charge in [0.1, 0.15) is 4.90 Å². The molecule has 0 unspecified atom stereocenters. The second-order valence-corrected chi connectivity index (χ2v) is 10.8. The summed E-state index contributed by atoms with van der Waals surface area (Å²) in [6.45, 7) is 1.96. The van der Waals surface area contributed by atoms with E-state index in [1.807, 2.05) is 36.4 Å². The highest BCUT2D eigenvalue weighted by Gasteiger charge is 2.29. The fraction of sp³-hybridized carbons (Fsp3) is 0.269. The first-order valence-electron chi connectivity index (χ1n) is 11.3. The summed E-state index contributed by atoms with van der Waals surface area (Å²) in [4.78, 5) is 15.1. The van der Waals surface area contributed by atoms with Gasteiger partial charge in [0.05, 0.1) is 17.3 Å². The Morgan fingerprint density at radius 3 is 2.26 bits per heavy atom. The monoisotopic (exact) mass is 497 g/mol. The van der Waals surface area contributed by atoms with Gasteiger partial charge in [-0.2, -0.15) is 0 Å². The van der Waals surface area contributed by atoms with Crippen LogP contribution in [0.5, 0.6) is 0 Å². The van der Waals surface area contributed by atoms with Crippen LogP contribution in [0.4, 0.5) is 5.69 Å². The van der Waals surface area contributed by atoms with Crippen LogP contribution in [0.3, 0.4) is 0 Å². The van der Waals surface area contributed by atoms with Crippen LogP contribution in [0, 0.1) is 0 Å². The molecule has 178 valence electrons. The third kappa shape index (κ3) is 5.60. The molecule has 0 spiro atoms. The van der Waals surface area contributed by atoms with Gasteiger partial charge in [0, 0.05) is 11.6 Å². The molecule has 0 radical (unpaired) electrons. The Bertz CT molecular complexity index is 1230. The zero-order valence-corrected chi connectivity index (χ0v) is 20.6. The van der Waals surface area contributed by atoms with Crippen LogP contribution in [0.1, 0.15) is 28.8 Å². The topological polar surface area (TPSA) is 69.7 Å². The summed E-state index contributed by atoms with van der Waals surface area (Å²) in [5.74, 6) is -0.294. The Balaban J connectivity index is 1.65. The molecule has 1 amide bonds. The van der Waals surface area contributed by atoms with Gasteiger partial charge in [-0.05, 0) is 68.9 Å². The largest absolute Gasteiger partial charge is 0.349 e. The Kier molecular flexibility index (Phi) is 7.56. The van der Waals surface area contributed by atoms with E-state index in [1.54, 1.807) is 30.3 Å². The van der Waals surface area contributed by atoms with Crippen molar-refractivity contribution in [3.63, 3.8) is 0 Å². The highest BCUT2D eigenvalue weighted by molar-refractivity contribution is 7.93. The Morgan fingerprint density at radius 1 is 1.00 bits per heavy atom. The van der Waals surface area contributed by atoms with Crippen molar-refractivity contribution in [1.82, 2.24) is 10.2 Å². The van der Waals surface area contributed by atoms with Gasteiger partial charge in [-0.1, -0.05) is 60.1 Å². The van der Waals surface area contributed by atoms with Crippen molar-refractivity contribution in [2.45, 2.75) is 30.3 Å². The third-order valence-electron chi connectivity index (χ3n) is 6.03. The fourth-order valence-electron chi connectivity index (χ4n) is 4.04. The van der Waals surface area contributed by atoms with Crippen LogP contribution in [0.15, 0.2) is 83.8 Å². The van der Waals surface area contributed by atoms with Gasteiger partial charge in [-0.3, -0.25) is 9.10 Å². The lowest BCUT2D eigenvalue weighted by Gasteiger charge is -2.29. The number of carbonyl (C=O) groups is 1. The molecule has 1 heterocycles. The molecule has 6 nitrogen and oxygen atoms in total. The van der Waals surface area contributed by atoms with Crippen LogP contribution in [-0.2, 0) is 16.6 Å². The van der Waals surface area contributed by atoms with Crippen LogP contribution in [0.2, 0.25) is 5.02 Å². The van der Waals surface area contributed by atoms with Gasteiger partial charge >= 0.3 is 0 Å². The van der Waals surface area contributed by atoms with E-state index in [4.69, 9.17) is 11.6 Å². The first-order chi connectivity index (χ1) is 16.3. The molecular weight excluding hydrogens is 470 g/mol. The highest BCUT2D eigenvalue weighted by atomic mass is 35.5. The molecule has 1 saturated heterocycles. The van der Waals surface area contributed by atoms with Gasteiger partial charge in [-0.25, -0.2) is 8.42 Å². The van der Waals surface area contributed by atoms with E-state index < -0.39 is 10.0 Å². The SMILES string of the molecule is CN1CCC(NC(=O)c2ccc(Cl)c(S(=O)(=O)N(Cc3ccccc3)c3ccccc3)c2)CC1. The number of piperidine rings is 1. The maximum atomic E-state index is 13.9. The lowest BCUT2D eigenvalue weighted by Crippen LogP contribution is -2.43. The van der Waals surface area contributed by atoms with E-state index in [0.29, 0.717) is 5.69 Å². The smallest absolute Gasteiger partial charge is 0.266 e. The van der Waals surface area contributed by atoms with Crippen molar-refractivity contribution in [1.29, 1.82) is 0 Å². The molecule has 0 bridgehead atoms. The van der Waals surface area contributed by atoms with E-state index in [1.165, 1.54) is 16.4 Å². The second kappa shape index (κ2) is 10.6. The van der Waals surface area contributed by atoms with Gasteiger partial charge in [-0.15, -0.1) is 0 Å². The average Bonchev–Trinajstić information content (AvgIpc) is 2.85. The molecule has 1 N–H and O–H groups in total. The molecule has 0 aromatic heterocycles. The predicted molar refractivity (Wildman–Crippen MR) is 136 cm³/mol. The van der Waals surface area contributed by atoms with Gasteiger partial charge in [0.2, 0.25) is 0 Å². The summed E-state index contributed by atoms with van der Waals surface area (Å²) in [5, 5.41) is 3.11. The van der Waals surface area contributed by atoms with Gasteiger partial charge < -0.3 is 10.2 Å². The van der Waals surface area contributed by atoms with Crippen molar-refractivity contribution in [3.8, 4) is 0 Å². The molecule has 1 aliphatic rings. The van der Waals surface area contributed by atoms with Crippen LogP contribution >= 0.6 is 11.6 Å². The summed E-state index contributed by atoms with van der Waals surface area (Å²) < 4.78 is 29.0. The number of anilines is 1. The number of benzene rings is 3. The van der Waals surface area contributed by atoms with Crippen molar-refractivity contribution >= 4 is 33.2 Å². The Labute approximate surface area is 206 Å². The first-order valence-corrected chi connectivity index (χ1v) is 13.1. The number of sulfonamides is 1. The molecule has 4 rings (SSSR count). The number of halogens is 1. The van der Waals surface area contributed by atoms with Crippen molar-refractivity contribution < 1.29 is 13.2 Å². The number of amides is 1. The maximum Gasteiger partial charge on any atom is 0.266 e.